The third kappa shape index (κ3) is 29.4. The Hall–Kier alpha value is -2.29. The van der Waals surface area contributed by atoms with Crippen LogP contribution in [-0.2, 0) is 36.3 Å². The minimum atomic E-state index is -5.60. The Bertz CT molecular complexity index is 2600. The maximum atomic E-state index is 12.5. The average Bonchev–Trinajstić information content (AvgIpc) is 1.63. The van der Waals surface area contributed by atoms with Gasteiger partial charge in [-0.25, -0.2) is 43.3 Å². The van der Waals surface area contributed by atoms with Crippen LogP contribution in [0, 0.1) is 0 Å². The van der Waals surface area contributed by atoms with Gasteiger partial charge in [0.05, 0.1) is 25.9 Å². The van der Waals surface area contributed by atoms with Gasteiger partial charge in [-0.15, -0.1) is 0 Å². The minimum absolute atomic E-state index is 0. The number of unbranched alkanes of at least 4 members (excludes halogenated alkanes) is 9. The zero-order valence-corrected chi connectivity index (χ0v) is 60.8. The van der Waals surface area contributed by atoms with E-state index in [1.807, 2.05) is 0 Å². The zero-order chi connectivity index (χ0) is 67.5. The lowest BCUT2D eigenvalue weighted by Crippen LogP contribution is -2.33. The van der Waals surface area contributed by atoms with E-state index in [-0.39, 0.29) is 47.5 Å². The van der Waals surface area contributed by atoms with Gasteiger partial charge in [-0.1, -0.05) is 144 Å². The van der Waals surface area contributed by atoms with Gasteiger partial charge in [0.25, 0.3) is 0 Å². The molecule has 6 heterocycles. The van der Waals surface area contributed by atoms with Crippen molar-refractivity contribution < 1.29 is 71.4 Å². The van der Waals surface area contributed by atoms with E-state index >= 15 is 0 Å². The molecule has 0 aliphatic carbocycles. The SMILES string of the molecule is CCCCN(CCCC)CCCC.CCCCN(CCCC)CCCC.CCCCN(CCCC)CCCC.CSc1nc(N)c2ncn([C@@H]3O[C@H](COP(O)OP(=O)(O)OP(=O)(O)OC[C@H]4O[C@@H](n5cnc6c(N)nc(SC)nc65)[C@H](O)[C@@H]4O)[C@@H](O)[C@H]3O)c2n1.[B]. The molecule has 3 unspecified atom stereocenters. The molecule has 0 amide bonds. The second kappa shape index (κ2) is 46.8. The van der Waals surface area contributed by atoms with Gasteiger partial charge in [-0.2, -0.15) is 4.31 Å². The first kappa shape index (κ1) is 85.8. The maximum absolute atomic E-state index is 12.5. The summed E-state index contributed by atoms with van der Waals surface area (Å²) in [7, 11) is -14.4. The van der Waals surface area contributed by atoms with E-state index in [9.17, 15) is 44.2 Å². The second-order valence-corrected chi connectivity index (χ2v) is 28.3. The number of phosphoric ester groups is 1. The van der Waals surface area contributed by atoms with Gasteiger partial charge in [0.1, 0.15) is 47.7 Å². The molecule has 4 aromatic rings. The first-order valence-corrected chi connectivity index (χ1v) is 39.2. The number of phosphoric acid groups is 2. The molecular formula is C58H112BN13O15P3S2. The summed E-state index contributed by atoms with van der Waals surface area (Å²) >= 11 is 2.38. The molecule has 28 nitrogen and oxygen atoms in total. The van der Waals surface area contributed by atoms with Crippen LogP contribution in [0.2, 0.25) is 0 Å². The highest BCUT2D eigenvalue weighted by molar-refractivity contribution is 7.98. The van der Waals surface area contributed by atoms with Gasteiger partial charge < -0.3 is 75.3 Å². The van der Waals surface area contributed by atoms with Crippen molar-refractivity contribution in [3.8, 4) is 0 Å². The number of thioether (sulfide) groups is 2. The summed E-state index contributed by atoms with van der Waals surface area (Å²) in [4.78, 5) is 63.1. The summed E-state index contributed by atoms with van der Waals surface area (Å²) in [6.07, 6.45) is 18.3. The molecule has 4 aromatic heterocycles. The molecule has 2 fully saturated rings. The molecule has 2 aliphatic rings. The number of imidazole rings is 2. The number of aliphatic hydroxyl groups excluding tert-OH is 4. The van der Waals surface area contributed by atoms with Crippen LogP contribution in [0.25, 0.3) is 22.3 Å². The molecule has 0 spiro atoms. The van der Waals surface area contributed by atoms with Gasteiger partial charge >= 0.3 is 24.2 Å². The fourth-order valence-corrected chi connectivity index (χ4v) is 13.5. The largest absolute Gasteiger partial charge is 0.487 e. The third-order valence-electron chi connectivity index (χ3n) is 15.0. The summed E-state index contributed by atoms with van der Waals surface area (Å²) in [5.41, 5.74) is 12.6. The van der Waals surface area contributed by atoms with E-state index in [2.05, 4.69) is 116 Å². The maximum Gasteiger partial charge on any atom is 0.487 e. The number of ether oxygens (including phenoxy) is 2. The zero-order valence-electron chi connectivity index (χ0n) is 56.5. The monoisotopic (exact) mass is 1400 g/mol. The Labute approximate surface area is 558 Å². The molecule has 11 N–H and O–H groups in total. The van der Waals surface area contributed by atoms with E-state index in [4.69, 9.17) is 30.0 Å². The average molecular weight is 1400 g/mol. The van der Waals surface area contributed by atoms with Gasteiger partial charge in [0.15, 0.2) is 45.7 Å². The van der Waals surface area contributed by atoms with Crippen LogP contribution in [0.3, 0.4) is 0 Å². The lowest BCUT2D eigenvalue weighted by atomic mass is 10.1. The van der Waals surface area contributed by atoms with Crippen molar-refractivity contribution in [1.29, 1.82) is 0 Å². The molecule has 11 atom stereocenters. The normalized spacial score (nSPS) is 21.4. The minimum Gasteiger partial charge on any atom is -0.387 e. The van der Waals surface area contributed by atoms with E-state index in [1.165, 1.54) is 220 Å². The molecule has 6 rings (SSSR count). The van der Waals surface area contributed by atoms with Crippen molar-refractivity contribution >= 4 is 90.1 Å². The lowest BCUT2D eigenvalue weighted by molar-refractivity contribution is -0.0505. The fourth-order valence-electron chi connectivity index (χ4n) is 9.61. The molecule has 2 saturated heterocycles. The number of aliphatic hydroxyl groups is 4. The fraction of sp³-hybridized carbons (Fsp3) is 0.828. The Morgan fingerprint density at radius 3 is 1.12 bits per heavy atom. The van der Waals surface area contributed by atoms with Crippen LogP contribution in [-0.4, -0.2) is 219 Å². The van der Waals surface area contributed by atoms with Crippen molar-refractivity contribution in [2.45, 2.75) is 237 Å². The number of aromatic nitrogens is 8. The highest BCUT2D eigenvalue weighted by atomic mass is 32.2. The molecule has 92 heavy (non-hydrogen) atoms. The highest BCUT2D eigenvalue weighted by Crippen LogP contribution is 2.65. The second-order valence-electron chi connectivity index (χ2n) is 22.6. The summed E-state index contributed by atoms with van der Waals surface area (Å²) in [6.45, 7) is 30.7. The number of nitrogen functional groups attached to an aromatic ring is 2. The summed E-state index contributed by atoms with van der Waals surface area (Å²) in [5.74, 6) is 0.121. The number of nitrogens with zero attached hydrogens (tertiary/aromatic N) is 11. The molecule has 0 aromatic carbocycles. The predicted octanol–water partition coefficient (Wildman–Crippen LogP) is 9.68. The third-order valence-corrected chi connectivity index (χ3v) is 20.0. The smallest absolute Gasteiger partial charge is 0.387 e. The molecule has 0 saturated carbocycles. The topological polar surface area (TPSA) is 380 Å². The summed E-state index contributed by atoms with van der Waals surface area (Å²) < 4.78 is 57.1. The molecule has 529 valence electrons. The van der Waals surface area contributed by atoms with E-state index in [0.717, 1.165) is 0 Å². The molecule has 2 aliphatic heterocycles. The quantitative estimate of drug-likeness (QED) is 0.00863. The van der Waals surface area contributed by atoms with Crippen LogP contribution >= 0.6 is 47.8 Å². The van der Waals surface area contributed by atoms with Gasteiger partial charge in [-0.05, 0) is 129 Å². The first-order valence-electron chi connectivity index (χ1n) is 32.7. The molecular weight excluding hydrogens is 1290 g/mol. The lowest BCUT2D eigenvalue weighted by Gasteiger charge is -2.21. The molecule has 0 bridgehead atoms. The number of hydrogen-bond acceptors (Lipinski definition) is 26. The van der Waals surface area contributed by atoms with Gasteiger partial charge in [0, 0.05) is 8.41 Å². The van der Waals surface area contributed by atoms with E-state index in [1.54, 1.807) is 12.5 Å². The van der Waals surface area contributed by atoms with Crippen LogP contribution in [0.5, 0.6) is 0 Å². The van der Waals surface area contributed by atoms with Crippen LogP contribution in [0.4, 0.5) is 11.6 Å². The van der Waals surface area contributed by atoms with Crippen molar-refractivity contribution in [2.24, 2.45) is 0 Å². The molecule has 34 heteroatoms. The number of anilines is 2. The number of fused-ring (bicyclic) bond motifs is 2. The number of nitrogens with two attached hydrogens (primary N) is 2. The van der Waals surface area contributed by atoms with Crippen molar-refractivity contribution in [2.75, 3.05) is 96.1 Å². The highest BCUT2D eigenvalue weighted by Gasteiger charge is 2.48. The number of hydrogen-bond donors (Lipinski definition) is 9. The first-order chi connectivity index (χ1) is 43.6. The Morgan fingerprint density at radius 2 is 0.826 bits per heavy atom. The number of rotatable bonds is 41. The van der Waals surface area contributed by atoms with Crippen LogP contribution in [0.1, 0.15) is 190 Å². The van der Waals surface area contributed by atoms with E-state index < -0.39 is 86.5 Å². The Morgan fingerprint density at radius 1 is 0.522 bits per heavy atom. The van der Waals surface area contributed by atoms with Crippen LogP contribution < -0.4 is 11.5 Å². The van der Waals surface area contributed by atoms with Crippen molar-refractivity contribution in [3.05, 3.63) is 12.7 Å². The van der Waals surface area contributed by atoms with Crippen molar-refractivity contribution in [3.63, 3.8) is 0 Å². The van der Waals surface area contributed by atoms with E-state index in [0.29, 0.717) is 5.16 Å². The predicted molar refractivity (Wildman–Crippen MR) is 367 cm³/mol. The standard InChI is InChI=1S/C22H31N10O15P3S2.3C12H27N.B/c1-51-21-27-15(23)9-17(29-21)31(5-25-9)19-13(35)11(33)7(44-19)3-42-48(37)46-50(40,41)47-49(38,39)43-4-8-12(34)14(36)20(45-8)32-6-26-10-16(24)28-22(52-2)30-18(10)32;3*1-4-7-10-13(11-8-5-2)12-9-6-3;/h5-8,11-14,19-20,33-37H,3-4H2,1-2H3,(H,38,39)(H,40,41)(H2,23,27,29)(H2,24,28,30);3*4-12H2,1-3H3;/t7-,8-,11-,12-,13-,14-,19-,20-,48?;;;;/m1..../s1. The van der Waals surface area contributed by atoms with Gasteiger partial charge in [0.2, 0.25) is 0 Å². The summed E-state index contributed by atoms with van der Waals surface area (Å²) in [5, 5.41) is 43.0. The Balaban J connectivity index is 0.000000583. The molecule has 3 radical (unpaired) electrons. The van der Waals surface area contributed by atoms with Crippen LogP contribution in [0.15, 0.2) is 23.0 Å². The van der Waals surface area contributed by atoms with Crippen molar-refractivity contribution in [1.82, 2.24) is 53.7 Å². The Kier molecular flexibility index (Phi) is 43.7. The van der Waals surface area contributed by atoms with Gasteiger partial charge in [-0.3, -0.25) is 13.7 Å². The summed E-state index contributed by atoms with van der Waals surface area (Å²) in [6, 6.07) is 0.